The Bertz CT molecular complexity index is 587. The highest BCUT2D eigenvalue weighted by molar-refractivity contribution is 5.94. The Kier molecular flexibility index (Phi) is 5.65. The number of carbonyl (C=O) groups is 2. The van der Waals surface area contributed by atoms with Crippen molar-refractivity contribution in [3.63, 3.8) is 0 Å². The number of nitrogens with zero attached hydrogens (tertiary/aromatic N) is 1. The summed E-state index contributed by atoms with van der Waals surface area (Å²) in [6.45, 7) is 2.84. The fourth-order valence-electron chi connectivity index (χ4n) is 2.69. The van der Waals surface area contributed by atoms with Crippen molar-refractivity contribution in [2.24, 2.45) is 5.92 Å². The number of likely N-dealkylation sites (tertiary alicyclic amines) is 1. The van der Waals surface area contributed by atoms with Crippen molar-refractivity contribution in [3.8, 4) is 0 Å². The molecule has 5 nitrogen and oxygen atoms in total. The highest BCUT2D eigenvalue weighted by Gasteiger charge is 2.30. The van der Waals surface area contributed by atoms with Gasteiger partial charge in [0.25, 0.3) is 0 Å². The first-order valence-corrected chi connectivity index (χ1v) is 7.50. The number of nitrogens with one attached hydrogen (secondary N) is 1. The van der Waals surface area contributed by atoms with E-state index in [2.05, 4.69) is 5.32 Å². The van der Waals surface area contributed by atoms with Crippen LogP contribution in [0.25, 0.3) is 0 Å². The molecule has 2 rings (SSSR count). The maximum absolute atomic E-state index is 13.6. The average molecular weight is 326 g/mol. The summed E-state index contributed by atoms with van der Waals surface area (Å²) in [6, 6.07) is 2.41. The highest BCUT2D eigenvalue weighted by Crippen LogP contribution is 2.21. The second-order valence-electron chi connectivity index (χ2n) is 5.62. The molecule has 7 heteroatoms. The van der Waals surface area contributed by atoms with Gasteiger partial charge in [0.2, 0.25) is 5.91 Å². The third-order valence-corrected chi connectivity index (χ3v) is 4.18. The Balaban J connectivity index is 1.93. The SMILES string of the molecule is COC(=O)C1CCN(C(C)C(=O)Nc2cc(F)ccc2F)CC1. The number of rotatable bonds is 4. The molecule has 1 aromatic carbocycles. The second kappa shape index (κ2) is 7.50. The molecule has 1 aromatic rings. The second-order valence-corrected chi connectivity index (χ2v) is 5.62. The number of benzene rings is 1. The van der Waals surface area contributed by atoms with E-state index in [-0.39, 0.29) is 17.6 Å². The van der Waals surface area contributed by atoms with Crippen LogP contribution in [-0.4, -0.2) is 43.0 Å². The van der Waals surface area contributed by atoms with Crippen LogP contribution in [0.3, 0.4) is 0 Å². The zero-order chi connectivity index (χ0) is 17.0. The molecule has 1 saturated heterocycles. The predicted molar refractivity (Wildman–Crippen MR) is 80.8 cm³/mol. The monoisotopic (exact) mass is 326 g/mol. The maximum atomic E-state index is 13.6. The van der Waals surface area contributed by atoms with E-state index in [1.54, 1.807) is 6.92 Å². The van der Waals surface area contributed by atoms with Crippen LogP contribution >= 0.6 is 0 Å². The van der Waals surface area contributed by atoms with Gasteiger partial charge < -0.3 is 10.1 Å². The Morgan fingerprint density at radius 2 is 1.96 bits per heavy atom. The van der Waals surface area contributed by atoms with Crippen molar-refractivity contribution in [1.29, 1.82) is 0 Å². The van der Waals surface area contributed by atoms with Gasteiger partial charge in [-0.1, -0.05) is 0 Å². The number of carbonyl (C=O) groups excluding carboxylic acids is 2. The summed E-state index contributed by atoms with van der Waals surface area (Å²) in [5.74, 6) is -2.09. The van der Waals surface area contributed by atoms with Gasteiger partial charge in [-0.15, -0.1) is 0 Å². The van der Waals surface area contributed by atoms with E-state index in [1.165, 1.54) is 7.11 Å². The van der Waals surface area contributed by atoms with Crippen molar-refractivity contribution >= 4 is 17.6 Å². The molecule has 0 aromatic heterocycles. The molecule has 1 aliphatic heterocycles. The van der Waals surface area contributed by atoms with Gasteiger partial charge >= 0.3 is 5.97 Å². The van der Waals surface area contributed by atoms with Crippen molar-refractivity contribution in [2.45, 2.75) is 25.8 Å². The van der Waals surface area contributed by atoms with E-state index in [4.69, 9.17) is 4.74 Å². The van der Waals surface area contributed by atoms with E-state index in [1.807, 2.05) is 4.90 Å². The highest BCUT2D eigenvalue weighted by atomic mass is 19.1. The van der Waals surface area contributed by atoms with Gasteiger partial charge in [0.1, 0.15) is 11.6 Å². The van der Waals surface area contributed by atoms with Crippen molar-refractivity contribution in [3.05, 3.63) is 29.8 Å². The van der Waals surface area contributed by atoms with Crippen molar-refractivity contribution in [2.75, 3.05) is 25.5 Å². The number of esters is 1. The molecule has 1 fully saturated rings. The van der Waals surface area contributed by atoms with Gasteiger partial charge in [-0.2, -0.15) is 0 Å². The number of piperidine rings is 1. The maximum Gasteiger partial charge on any atom is 0.308 e. The minimum absolute atomic E-state index is 0.146. The molecule has 1 atom stereocenters. The molecule has 1 heterocycles. The van der Waals surface area contributed by atoms with Crippen molar-refractivity contribution < 1.29 is 23.1 Å². The zero-order valence-electron chi connectivity index (χ0n) is 13.1. The van der Waals surface area contributed by atoms with Crippen LogP contribution in [0.15, 0.2) is 18.2 Å². The third kappa shape index (κ3) is 4.25. The quantitative estimate of drug-likeness (QED) is 0.862. The molecule has 1 unspecified atom stereocenters. The molecule has 0 bridgehead atoms. The molecule has 126 valence electrons. The van der Waals surface area contributed by atoms with Gasteiger partial charge in [-0.05, 0) is 45.0 Å². The van der Waals surface area contributed by atoms with Gasteiger partial charge in [0.15, 0.2) is 0 Å². The largest absolute Gasteiger partial charge is 0.469 e. The lowest BCUT2D eigenvalue weighted by Crippen LogP contribution is -2.47. The summed E-state index contributed by atoms with van der Waals surface area (Å²) in [4.78, 5) is 25.6. The lowest BCUT2D eigenvalue weighted by molar-refractivity contribution is -0.147. The molecule has 0 spiro atoms. The first-order valence-electron chi connectivity index (χ1n) is 7.50. The normalized spacial score (nSPS) is 17.6. The number of anilines is 1. The number of hydrogen-bond acceptors (Lipinski definition) is 4. The molecule has 1 N–H and O–H groups in total. The van der Waals surface area contributed by atoms with Gasteiger partial charge in [-0.3, -0.25) is 14.5 Å². The molecule has 0 aliphatic carbocycles. The third-order valence-electron chi connectivity index (χ3n) is 4.18. The number of amides is 1. The van der Waals surface area contributed by atoms with Crippen LogP contribution in [0.4, 0.5) is 14.5 Å². The lowest BCUT2D eigenvalue weighted by atomic mass is 9.96. The lowest BCUT2D eigenvalue weighted by Gasteiger charge is -2.34. The Morgan fingerprint density at radius 1 is 1.30 bits per heavy atom. The van der Waals surface area contributed by atoms with Crippen LogP contribution < -0.4 is 5.32 Å². The smallest absolute Gasteiger partial charge is 0.308 e. The number of halogens is 2. The van der Waals surface area contributed by atoms with E-state index in [0.717, 1.165) is 18.2 Å². The molecule has 0 saturated carbocycles. The molecular formula is C16H20F2N2O3. The average Bonchev–Trinajstić information content (AvgIpc) is 2.56. The summed E-state index contributed by atoms with van der Waals surface area (Å²) >= 11 is 0. The van der Waals surface area contributed by atoms with E-state index in [9.17, 15) is 18.4 Å². The van der Waals surface area contributed by atoms with E-state index in [0.29, 0.717) is 25.9 Å². The topological polar surface area (TPSA) is 58.6 Å². The fourth-order valence-corrected chi connectivity index (χ4v) is 2.69. The van der Waals surface area contributed by atoms with Crippen LogP contribution in [0.1, 0.15) is 19.8 Å². The van der Waals surface area contributed by atoms with Crippen LogP contribution in [0.5, 0.6) is 0 Å². The van der Waals surface area contributed by atoms with Gasteiger partial charge in [0, 0.05) is 6.07 Å². The van der Waals surface area contributed by atoms with Crippen LogP contribution in [-0.2, 0) is 14.3 Å². The van der Waals surface area contributed by atoms with Gasteiger partial charge in [0.05, 0.1) is 24.8 Å². The minimum atomic E-state index is -0.684. The predicted octanol–water partition coefficient (Wildman–Crippen LogP) is 2.18. The van der Waals surface area contributed by atoms with Gasteiger partial charge in [-0.25, -0.2) is 8.78 Å². The number of ether oxygens (including phenoxy) is 1. The summed E-state index contributed by atoms with van der Waals surface area (Å²) in [6.07, 6.45) is 1.22. The first-order chi connectivity index (χ1) is 10.9. The van der Waals surface area contributed by atoms with Crippen LogP contribution in [0, 0.1) is 17.6 Å². The standard InChI is InChI=1S/C16H20F2N2O3/c1-10(20-7-5-11(6-8-20)16(22)23-2)15(21)19-14-9-12(17)3-4-13(14)18/h3-4,9-11H,5-8H2,1-2H3,(H,19,21). The van der Waals surface area contributed by atoms with Crippen molar-refractivity contribution in [1.82, 2.24) is 4.90 Å². The summed E-state index contributed by atoms with van der Waals surface area (Å²) < 4.78 is 31.4. The summed E-state index contributed by atoms with van der Waals surface area (Å²) in [7, 11) is 1.36. The first kappa shape index (κ1) is 17.3. The van der Waals surface area contributed by atoms with E-state index < -0.39 is 23.6 Å². The Morgan fingerprint density at radius 3 is 2.57 bits per heavy atom. The molecular weight excluding hydrogens is 306 g/mol. The number of hydrogen-bond donors (Lipinski definition) is 1. The summed E-state index contributed by atoms with van der Waals surface area (Å²) in [5, 5.41) is 2.41. The zero-order valence-corrected chi connectivity index (χ0v) is 13.1. The van der Waals surface area contributed by atoms with Crippen LogP contribution in [0.2, 0.25) is 0 Å². The Labute approximate surface area is 133 Å². The molecule has 0 radical (unpaired) electrons. The number of methoxy groups -OCH3 is 1. The minimum Gasteiger partial charge on any atom is -0.469 e. The Hall–Kier alpha value is -2.02. The van der Waals surface area contributed by atoms with E-state index >= 15 is 0 Å². The molecule has 1 aliphatic rings. The molecule has 23 heavy (non-hydrogen) atoms. The summed E-state index contributed by atoms with van der Waals surface area (Å²) in [5.41, 5.74) is -0.175. The fraction of sp³-hybridized carbons (Fsp3) is 0.500. The molecule has 1 amide bonds.